The van der Waals surface area contributed by atoms with E-state index in [1.807, 2.05) is 7.05 Å². The highest BCUT2D eigenvalue weighted by Crippen LogP contribution is 2.26. The average molecular weight is 314 g/mol. The predicted molar refractivity (Wildman–Crippen MR) is 79.6 cm³/mol. The molecule has 1 fully saturated rings. The number of hydrogen-bond acceptors (Lipinski definition) is 4. The predicted octanol–water partition coefficient (Wildman–Crippen LogP) is -0.243. The molecule has 2 N–H and O–H groups in total. The van der Waals surface area contributed by atoms with Crippen LogP contribution in [0.2, 0.25) is 0 Å². The molecule has 1 aromatic heterocycles. The van der Waals surface area contributed by atoms with Gasteiger partial charge in [-0.3, -0.25) is 4.79 Å². The molecule has 2 rings (SSSR count). The molecule has 0 aromatic carbocycles. The Morgan fingerprint density at radius 1 is 1.43 bits per heavy atom. The fourth-order valence-corrected chi connectivity index (χ4v) is 4.49. The highest BCUT2D eigenvalue weighted by atomic mass is 32.2. The van der Waals surface area contributed by atoms with Crippen molar-refractivity contribution in [1.82, 2.24) is 19.5 Å². The number of aromatic nitrogens is 1. The van der Waals surface area contributed by atoms with Crippen LogP contribution in [0.4, 0.5) is 0 Å². The first-order valence-corrected chi connectivity index (χ1v) is 8.40. The molecule has 1 unspecified atom stereocenters. The van der Waals surface area contributed by atoms with Crippen LogP contribution in [0.1, 0.15) is 23.3 Å². The van der Waals surface area contributed by atoms with Gasteiger partial charge in [0.15, 0.2) is 0 Å². The first-order valence-electron chi connectivity index (χ1n) is 6.96. The van der Waals surface area contributed by atoms with E-state index in [0.717, 1.165) is 12.8 Å². The molecule has 118 valence electrons. The van der Waals surface area contributed by atoms with Crippen molar-refractivity contribution in [2.45, 2.75) is 23.8 Å². The Labute approximate surface area is 125 Å². The molecule has 1 saturated heterocycles. The second-order valence-electron chi connectivity index (χ2n) is 5.22. The van der Waals surface area contributed by atoms with Crippen LogP contribution in [0.25, 0.3) is 0 Å². The number of sulfonamides is 1. The van der Waals surface area contributed by atoms with Crippen molar-refractivity contribution in [2.75, 3.05) is 27.2 Å². The van der Waals surface area contributed by atoms with Crippen molar-refractivity contribution in [3.05, 3.63) is 18.0 Å². The van der Waals surface area contributed by atoms with Gasteiger partial charge >= 0.3 is 0 Å². The molecule has 1 aliphatic rings. The largest absolute Gasteiger partial charge is 0.354 e. The van der Waals surface area contributed by atoms with E-state index in [9.17, 15) is 13.2 Å². The van der Waals surface area contributed by atoms with E-state index in [1.54, 1.807) is 7.05 Å². The Hall–Kier alpha value is -1.38. The van der Waals surface area contributed by atoms with Gasteiger partial charge in [0.2, 0.25) is 10.0 Å². The van der Waals surface area contributed by atoms with Crippen LogP contribution in [0.15, 0.2) is 17.2 Å². The number of amides is 1. The molecule has 1 atom stereocenters. The van der Waals surface area contributed by atoms with Crippen molar-refractivity contribution < 1.29 is 13.2 Å². The third-order valence-corrected chi connectivity index (χ3v) is 5.73. The van der Waals surface area contributed by atoms with E-state index in [4.69, 9.17) is 0 Å². The lowest BCUT2D eigenvalue weighted by Gasteiger charge is -2.23. The van der Waals surface area contributed by atoms with Gasteiger partial charge in [0.05, 0.1) is 0 Å². The molecule has 0 saturated carbocycles. The molecule has 7 nitrogen and oxygen atoms in total. The van der Waals surface area contributed by atoms with Gasteiger partial charge in [-0.15, -0.1) is 0 Å². The number of nitrogens with zero attached hydrogens (tertiary/aromatic N) is 2. The lowest BCUT2D eigenvalue weighted by atomic mass is 10.2. The minimum atomic E-state index is -3.56. The van der Waals surface area contributed by atoms with Crippen LogP contribution in [0.3, 0.4) is 0 Å². The number of carbonyl (C=O) groups is 1. The standard InChI is InChI=1S/C13H22N4O3S/c1-14-8-10-5-4-6-17(10)21(19,20)11-7-12(13(18)15-2)16(3)9-11/h7,9-10,14H,4-6,8H2,1-3H3,(H,15,18). The van der Waals surface area contributed by atoms with Crippen molar-refractivity contribution in [3.63, 3.8) is 0 Å². The number of carbonyl (C=O) groups excluding carboxylic acids is 1. The van der Waals surface area contributed by atoms with E-state index < -0.39 is 10.0 Å². The minimum absolute atomic E-state index is 0.0244. The number of hydrogen-bond donors (Lipinski definition) is 2. The van der Waals surface area contributed by atoms with Crippen LogP contribution < -0.4 is 10.6 Å². The number of rotatable bonds is 5. The molecular weight excluding hydrogens is 292 g/mol. The lowest BCUT2D eigenvalue weighted by Crippen LogP contribution is -2.40. The quantitative estimate of drug-likeness (QED) is 0.785. The summed E-state index contributed by atoms with van der Waals surface area (Å²) in [6.45, 7) is 1.16. The normalized spacial score (nSPS) is 19.9. The molecule has 21 heavy (non-hydrogen) atoms. The maximum atomic E-state index is 12.7. The van der Waals surface area contributed by atoms with Crippen LogP contribution >= 0.6 is 0 Å². The second kappa shape index (κ2) is 6.17. The Bertz CT molecular complexity index is 623. The van der Waals surface area contributed by atoms with Gasteiger partial charge in [-0.2, -0.15) is 4.31 Å². The summed E-state index contributed by atoms with van der Waals surface area (Å²) in [6, 6.07) is 1.41. The third kappa shape index (κ3) is 2.97. The van der Waals surface area contributed by atoms with Gasteiger partial charge in [-0.1, -0.05) is 0 Å². The maximum Gasteiger partial charge on any atom is 0.267 e. The highest BCUT2D eigenvalue weighted by Gasteiger charge is 2.35. The van der Waals surface area contributed by atoms with Crippen LogP contribution in [-0.4, -0.2) is 56.4 Å². The molecule has 0 aliphatic carbocycles. The molecule has 1 amide bonds. The molecular formula is C13H22N4O3S. The van der Waals surface area contributed by atoms with E-state index in [-0.39, 0.29) is 16.8 Å². The van der Waals surface area contributed by atoms with Gasteiger partial charge < -0.3 is 15.2 Å². The zero-order valence-electron chi connectivity index (χ0n) is 12.6. The summed E-state index contributed by atoms with van der Waals surface area (Å²) in [5.74, 6) is -0.299. The average Bonchev–Trinajstić information content (AvgIpc) is 3.05. The summed E-state index contributed by atoms with van der Waals surface area (Å²) in [7, 11) is 1.44. The molecule has 0 bridgehead atoms. The third-order valence-electron chi connectivity index (χ3n) is 3.81. The van der Waals surface area contributed by atoms with Gasteiger partial charge in [0.25, 0.3) is 5.91 Å². The first kappa shape index (κ1) is 16.0. The van der Waals surface area contributed by atoms with Crippen molar-refractivity contribution in [3.8, 4) is 0 Å². The van der Waals surface area contributed by atoms with Crippen molar-refractivity contribution in [1.29, 1.82) is 0 Å². The Morgan fingerprint density at radius 3 is 2.76 bits per heavy atom. The van der Waals surface area contributed by atoms with Crippen LogP contribution in [-0.2, 0) is 17.1 Å². The van der Waals surface area contributed by atoms with E-state index in [2.05, 4.69) is 10.6 Å². The molecule has 1 aliphatic heterocycles. The summed E-state index contributed by atoms with van der Waals surface area (Å²) < 4.78 is 28.6. The van der Waals surface area contributed by atoms with Gasteiger partial charge in [0.1, 0.15) is 10.6 Å². The Morgan fingerprint density at radius 2 is 2.14 bits per heavy atom. The monoisotopic (exact) mass is 314 g/mol. The summed E-state index contributed by atoms with van der Waals surface area (Å²) in [6.07, 6.45) is 3.21. The smallest absolute Gasteiger partial charge is 0.267 e. The highest BCUT2D eigenvalue weighted by molar-refractivity contribution is 7.89. The first-order chi connectivity index (χ1) is 9.91. The lowest BCUT2D eigenvalue weighted by molar-refractivity contribution is 0.0955. The SMILES string of the molecule is CNCC1CCCN1S(=O)(=O)c1cc(C(=O)NC)n(C)c1. The maximum absolute atomic E-state index is 12.7. The molecule has 8 heteroatoms. The molecule has 0 spiro atoms. The van der Waals surface area contributed by atoms with Crippen LogP contribution in [0, 0.1) is 0 Å². The zero-order chi connectivity index (χ0) is 15.6. The van der Waals surface area contributed by atoms with E-state index >= 15 is 0 Å². The van der Waals surface area contributed by atoms with E-state index in [1.165, 1.54) is 28.2 Å². The molecule has 0 radical (unpaired) electrons. The fourth-order valence-electron chi connectivity index (χ4n) is 2.73. The molecule has 1 aromatic rings. The number of likely N-dealkylation sites (N-methyl/N-ethyl adjacent to an activating group) is 1. The Balaban J connectivity index is 2.34. The van der Waals surface area contributed by atoms with Gasteiger partial charge in [-0.25, -0.2) is 8.42 Å². The number of aryl methyl sites for hydroxylation is 1. The van der Waals surface area contributed by atoms with Gasteiger partial charge in [-0.05, 0) is 26.0 Å². The summed E-state index contributed by atoms with van der Waals surface area (Å²) >= 11 is 0. The minimum Gasteiger partial charge on any atom is -0.354 e. The fraction of sp³-hybridized carbons (Fsp3) is 0.615. The van der Waals surface area contributed by atoms with Crippen molar-refractivity contribution >= 4 is 15.9 Å². The zero-order valence-corrected chi connectivity index (χ0v) is 13.4. The second-order valence-corrected chi connectivity index (χ2v) is 7.11. The van der Waals surface area contributed by atoms with Crippen molar-refractivity contribution in [2.24, 2.45) is 7.05 Å². The summed E-state index contributed by atoms with van der Waals surface area (Å²) in [5, 5.41) is 5.54. The Kier molecular flexibility index (Phi) is 4.70. The van der Waals surface area contributed by atoms with Gasteiger partial charge in [0, 0.05) is 39.4 Å². The topological polar surface area (TPSA) is 83.4 Å². The summed E-state index contributed by atoms with van der Waals surface area (Å²) in [4.78, 5) is 11.9. The molecule has 2 heterocycles. The van der Waals surface area contributed by atoms with E-state index in [0.29, 0.717) is 18.8 Å². The number of nitrogens with one attached hydrogen (secondary N) is 2. The summed E-state index contributed by atoms with van der Waals surface area (Å²) in [5.41, 5.74) is 0.334. The van der Waals surface area contributed by atoms with Crippen LogP contribution in [0.5, 0.6) is 0 Å².